The van der Waals surface area contributed by atoms with Crippen LogP contribution in [-0.4, -0.2) is 19.5 Å². The molecule has 0 atom stereocenters. The average molecular weight is 282 g/mol. The first-order chi connectivity index (χ1) is 9.72. The lowest BCUT2D eigenvalue weighted by atomic mass is 10.2. The van der Waals surface area contributed by atoms with Crippen molar-refractivity contribution in [3.63, 3.8) is 0 Å². The molecule has 0 saturated heterocycles. The lowest BCUT2D eigenvalue weighted by Gasteiger charge is -2.09. The molecule has 0 bridgehead atoms. The molecule has 0 saturated carbocycles. The number of rotatable bonds is 1. The second kappa shape index (κ2) is 4.18. The molecule has 0 aliphatic carbocycles. The molecular weight excluding hydrogens is 268 g/mol. The first-order valence-corrected chi connectivity index (χ1v) is 7.93. The summed E-state index contributed by atoms with van der Waals surface area (Å²) in [7, 11) is 1.61. The van der Waals surface area contributed by atoms with Crippen LogP contribution in [0.25, 0.3) is 22.1 Å². The highest BCUT2D eigenvalue weighted by Crippen LogP contribution is 2.40. The number of hydrogen-bond acceptors (Lipinski definition) is 3. The summed E-state index contributed by atoms with van der Waals surface area (Å²) in [4.78, 5) is 13.9. The SMILES string of the molecule is Cc1nc2cc3nc([SH]4C=CC=C4)cnc3cc2n1C. The van der Waals surface area contributed by atoms with Crippen molar-refractivity contribution in [1.82, 2.24) is 19.5 Å². The lowest BCUT2D eigenvalue weighted by molar-refractivity contribution is 0.886. The van der Waals surface area contributed by atoms with Crippen LogP contribution >= 0.6 is 10.9 Å². The highest BCUT2D eigenvalue weighted by molar-refractivity contribution is 8.22. The summed E-state index contributed by atoms with van der Waals surface area (Å²) >= 11 is 0. The Labute approximate surface area is 119 Å². The second-order valence-corrected chi connectivity index (χ2v) is 6.74. The van der Waals surface area contributed by atoms with E-state index in [1.165, 1.54) is 0 Å². The molecule has 0 fully saturated rings. The molecule has 4 rings (SSSR count). The number of aryl methyl sites for hydroxylation is 2. The zero-order valence-corrected chi connectivity index (χ0v) is 12.2. The fraction of sp³-hybridized carbons (Fsp3) is 0.133. The Bertz CT molecular complexity index is 880. The molecule has 4 nitrogen and oxygen atoms in total. The third-order valence-corrected chi connectivity index (χ3v) is 5.36. The van der Waals surface area contributed by atoms with E-state index < -0.39 is 10.9 Å². The maximum Gasteiger partial charge on any atom is 0.106 e. The van der Waals surface area contributed by atoms with Crippen molar-refractivity contribution >= 4 is 33.0 Å². The first kappa shape index (κ1) is 11.7. The predicted molar refractivity (Wildman–Crippen MR) is 84.1 cm³/mol. The van der Waals surface area contributed by atoms with E-state index in [9.17, 15) is 0 Å². The summed E-state index contributed by atoms with van der Waals surface area (Å²) in [5.41, 5.74) is 3.92. The molecule has 1 aliphatic rings. The predicted octanol–water partition coefficient (Wildman–Crippen LogP) is 3.23. The molecule has 0 spiro atoms. The van der Waals surface area contributed by atoms with Crippen molar-refractivity contribution in [3.05, 3.63) is 47.1 Å². The molecule has 0 N–H and O–H groups in total. The Balaban J connectivity index is 1.95. The Morgan fingerprint density at radius 3 is 2.60 bits per heavy atom. The number of fused-ring (bicyclic) bond motifs is 2. The Morgan fingerprint density at radius 2 is 1.80 bits per heavy atom. The van der Waals surface area contributed by atoms with Gasteiger partial charge < -0.3 is 4.57 Å². The highest BCUT2D eigenvalue weighted by atomic mass is 32.2. The number of aromatic nitrogens is 4. The van der Waals surface area contributed by atoms with Crippen molar-refractivity contribution < 1.29 is 0 Å². The van der Waals surface area contributed by atoms with Crippen molar-refractivity contribution in [1.29, 1.82) is 0 Å². The fourth-order valence-corrected chi connectivity index (χ4v) is 3.81. The standard InChI is InChI=1S/C15H14N4S/c1-10-17-13-7-12-11(8-14(13)19(10)2)16-9-15(18-12)20-5-3-4-6-20/h3-9,20H,1-2H3. The average Bonchev–Trinajstić information content (AvgIpc) is 3.07. The number of allylic oxidation sites excluding steroid dienone is 2. The number of thiol groups is 1. The third kappa shape index (κ3) is 1.67. The summed E-state index contributed by atoms with van der Waals surface area (Å²) in [6.07, 6.45) is 6.04. The second-order valence-electron chi connectivity index (χ2n) is 4.87. The molecule has 2 aromatic heterocycles. The van der Waals surface area contributed by atoms with E-state index >= 15 is 0 Å². The number of hydrogen-bond donors (Lipinski definition) is 1. The van der Waals surface area contributed by atoms with E-state index in [1.54, 1.807) is 0 Å². The maximum atomic E-state index is 4.76. The molecule has 0 unspecified atom stereocenters. The molecule has 100 valence electrons. The van der Waals surface area contributed by atoms with Gasteiger partial charge in [-0.15, -0.1) is 0 Å². The number of benzene rings is 1. The molecule has 3 heterocycles. The van der Waals surface area contributed by atoms with Gasteiger partial charge in [0.2, 0.25) is 0 Å². The van der Waals surface area contributed by atoms with Gasteiger partial charge in [0.25, 0.3) is 0 Å². The van der Waals surface area contributed by atoms with Crippen LogP contribution in [0.1, 0.15) is 5.82 Å². The molecular formula is C15H14N4S. The largest absolute Gasteiger partial charge is 0.331 e. The molecule has 1 aliphatic heterocycles. The summed E-state index contributed by atoms with van der Waals surface area (Å²) < 4.78 is 2.08. The van der Waals surface area contributed by atoms with Crippen molar-refractivity contribution in [2.75, 3.05) is 0 Å². The van der Waals surface area contributed by atoms with Crippen LogP contribution in [0.4, 0.5) is 0 Å². The van der Waals surface area contributed by atoms with Gasteiger partial charge in [-0.1, -0.05) is 12.2 Å². The van der Waals surface area contributed by atoms with Gasteiger partial charge in [-0.3, -0.25) is 4.98 Å². The lowest BCUT2D eigenvalue weighted by Crippen LogP contribution is -1.92. The van der Waals surface area contributed by atoms with E-state index in [4.69, 9.17) is 4.98 Å². The van der Waals surface area contributed by atoms with Gasteiger partial charge in [0, 0.05) is 7.05 Å². The van der Waals surface area contributed by atoms with Crippen molar-refractivity contribution in [3.8, 4) is 0 Å². The van der Waals surface area contributed by atoms with E-state index in [2.05, 4.69) is 43.6 Å². The van der Waals surface area contributed by atoms with Crippen LogP contribution in [-0.2, 0) is 7.05 Å². The highest BCUT2D eigenvalue weighted by Gasteiger charge is 2.10. The quantitative estimate of drug-likeness (QED) is 0.697. The monoisotopic (exact) mass is 282 g/mol. The normalized spacial score (nSPS) is 15.8. The summed E-state index contributed by atoms with van der Waals surface area (Å²) in [5.74, 6) is 1.00. The van der Waals surface area contributed by atoms with Gasteiger partial charge in [-0.05, 0) is 29.9 Å². The van der Waals surface area contributed by atoms with E-state index in [0.29, 0.717) is 0 Å². The topological polar surface area (TPSA) is 43.6 Å². The number of imidazole rings is 1. The van der Waals surface area contributed by atoms with Gasteiger partial charge in [0.15, 0.2) is 0 Å². The van der Waals surface area contributed by atoms with Gasteiger partial charge in [0.05, 0.1) is 28.3 Å². The Morgan fingerprint density at radius 1 is 1.00 bits per heavy atom. The van der Waals surface area contributed by atoms with Gasteiger partial charge in [-0.2, -0.15) is 10.9 Å². The van der Waals surface area contributed by atoms with Gasteiger partial charge in [0.1, 0.15) is 10.9 Å². The maximum absolute atomic E-state index is 4.76. The van der Waals surface area contributed by atoms with Crippen LogP contribution in [0.5, 0.6) is 0 Å². The molecule has 1 aromatic carbocycles. The van der Waals surface area contributed by atoms with Crippen LogP contribution < -0.4 is 0 Å². The van der Waals surface area contributed by atoms with Crippen LogP contribution in [0.3, 0.4) is 0 Å². The van der Waals surface area contributed by atoms with Gasteiger partial charge in [-0.25, -0.2) is 9.97 Å². The third-order valence-electron chi connectivity index (χ3n) is 3.62. The minimum atomic E-state index is -0.418. The zero-order valence-electron chi connectivity index (χ0n) is 11.3. The molecule has 0 amide bonds. The van der Waals surface area contributed by atoms with Crippen molar-refractivity contribution in [2.45, 2.75) is 11.9 Å². The Hall–Kier alpha value is -2.14. The van der Waals surface area contributed by atoms with Crippen LogP contribution in [0.2, 0.25) is 0 Å². The number of nitrogens with zero attached hydrogens (tertiary/aromatic N) is 4. The Kier molecular flexibility index (Phi) is 2.44. The van der Waals surface area contributed by atoms with Crippen molar-refractivity contribution in [2.24, 2.45) is 7.05 Å². The summed E-state index contributed by atoms with van der Waals surface area (Å²) in [5, 5.41) is 5.42. The first-order valence-electron chi connectivity index (χ1n) is 6.45. The summed E-state index contributed by atoms with van der Waals surface area (Å²) in [6, 6.07) is 4.10. The molecule has 0 radical (unpaired) electrons. The van der Waals surface area contributed by atoms with E-state index in [1.807, 2.05) is 26.2 Å². The molecule has 20 heavy (non-hydrogen) atoms. The van der Waals surface area contributed by atoms with Gasteiger partial charge >= 0.3 is 0 Å². The van der Waals surface area contributed by atoms with E-state index in [0.717, 1.165) is 32.9 Å². The van der Waals surface area contributed by atoms with Crippen LogP contribution in [0.15, 0.2) is 46.3 Å². The minimum absolute atomic E-state index is 0.418. The van der Waals surface area contributed by atoms with E-state index in [-0.39, 0.29) is 0 Å². The zero-order chi connectivity index (χ0) is 13.7. The van der Waals surface area contributed by atoms with Crippen LogP contribution in [0, 0.1) is 6.92 Å². The fourth-order valence-electron chi connectivity index (χ4n) is 2.42. The summed E-state index contributed by atoms with van der Waals surface area (Å²) in [6.45, 7) is 2.01. The molecule has 5 heteroatoms. The minimum Gasteiger partial charge on any atom is -0.331 e. The molecule has 3 aromatic rings. The smallest absolute Gasteiger partial charge is 0.106 e.